The molecule has 0 spiro atoms. The van der Waals surface area contributed by atoms with Gasteiger partial charge in [0, 0.05) is 20.1 Å². The number of amides is 1. The molecular weight excluding hydrogens is 355 g/mol. The Kier molecular flexibility index (Phi) is 5.96. The molecular formula is C15H19FN2O6S. The van der Waals surface area contributed by atoms with Crippen molar-refractivity contribution in [1.29, 1.82) is 0 Å². The summed E-state index contributed by atoms with van der Waals surface area (Å²) in [4.78, 5) is 21.9. The van der Waals surface area contributed by atoms with E-state index in [-0.39, 0.29) is 29.6 Å². The van der Waals surface area contributed by atoms with Crippen LogP contribution in [0.2, 0.25) is 0 Å². The van der Waals surface area contributed by atoms with Crippen molar-refractivity contribution >= 4 is 21.9 Å². The van der Waals surface area contributed by atoms with Crippen LogP contribution in [0.25, 0.3) is 0 Å². The van der Waals surface area contributed by atoms with E-state index in [1.54, 1.807) is 0 Å². The molecule has 0 saturated carbocycles. The molecule has 0 aromatic heterocycles. The van der Waals surface area contributed by atoms with E-state index in [0.717, 1.165) is 22.5 Å². The lowest BCUT2D eigenvalue weighted by atomic mass is 9.99. The number of nitrogens with zero attached hydrogens (tertiary/aromatic N) is 1. The molecule has 1 fully saturated rings. The van der Waals surface area contributed by atoms with Crippen molar-refractivity contribution in [2.45, 2.75) is 17.7 Å². The Balaban J connectivity index is 2.20. The number of nitrogens with one attached hydrogen (secondary N) is 1. The molecule has 10 heteroatoms. The molecule has 2 N–H and O–H groups in total. The van der Waals surface area contributed by atoms with E-state index >= 15 is 0 Å². The molecule has 1 aromatic carbocycles. The van der Waals surface area contributed by atoms with Crippen molar-refractivity contribution in [2.24, 2.45) is 5.92 Å². The number of benzene rings is 1. The topological polar surface area (TPSA) is 113 Å². The van der Waals surface area contributed by atoms with Gasteiger partial charge in [-0.15, -0.1) is 0 Å². The first-order valence-electron chi connectivity index (χ1n) is 7.61. The Morgan fingerprint density at radius 1 is 1.44 bits per heavy atom. The van der Waals surface area contributed by atoms with Crippen LogP contribution in [0.15, 0.2) is 23.1 Å². The Morgan fingerprint density at radius 2 is 2.16 bits per heavy atom. The van der Waals surface area contributed by atoms with Gasteiger partial charge in [-0.2, -0.15) is 4.31 Å². The summed E-state index contributed by atoms with van der Waals surface area (Å²) in [5.74, 6) is -3.27. The predicted octanol–water partition coefficient (Wildman–Crippen LogP) is 0.436. The van der Waals surface area contributed by atoms with E-state index in [2.05, 4.69) is 5.32 Å². The zero-order valence-electron chi connectivity index (χ0n) is 13.6. The van der Waals surface area contributed by atoms with E-state index in [1.165, 1.54) is 7.05 Å². The minimum absolute atomic E-state index is 0.0287. The molecule has 25 heavy (non-hydrogen) atoms. The molecule has 1 atom stereocenters. The molecule has 1 aliphatic heterocycles. The van der Waals surface area contributed by atoms with Crippen LogP contribution in [0, 0.1) is 11.7 Å². The van der Waals surface area contributed by atoms with Gasteiger partial charge in [-0.1, -0.05) is 0 Å². The molecule has 0 radical (unpaired) electrons. The van der Waals surface area contributed by atoms with Crippen molar-refractivity contribution in [2.75, 3.05) is 26.7 Å². The second kappa shape index (κ2) is 7.79. The van der Waals surface area contributed by atoms with Gasteiger partial charge in [-0.05, 0) is 31.0 Å². The third kappa shape index (κ3) is 4.45. The highest BCUT2D eigenvalue weighted by Crippen LogP contribution is 2.27. The first-order valence-corrected chi connectivity index (χ1v) is 9.05. The highest BCUT2D eigenvalue weighted by molar-refractivity contribution is 7.89. The number of rotatable bonds is 6. The summed E-state index contributed by atoms with van der Waals surface area (Å²) in [5, 5.41) is 11.0. The van der Waals surface area contributed by atoms with E-state index < -0.39 is 34.3 Å². The number of piperidine rings is 1. The minimum atomic E-state index is -3.97. The summed E-state index contributed by atoms with van der Waals surface area (Å²) in [6.45, 7) is -0.460. The van der Waals surface area contributed by atoms with Gasteiger partial charge >= 0.3 is 5.97 Å². The normalized spacial score (nSPS) is 18.6. The number of ether oxygens (including phenoxy) is 1. The van der Waals surface area contributed by atoms with Crippen LogP contribution in [0.5, 0.6) is 5.75 Å². The van der Waals surface area contributed by atoms with E-state index in [1.807, 2.05) is 0 Å². The quantitative estimate of drug-likeness (QED) is 0.747. The van der Waals surface area contributed by atoms with Crippen LogP contribution < -0.4 is 10.1 Å². The Hall–Kier alpha value is -2.20. The van der Waals surface area contributed by atoms with Crippen LogP contribution in [-0.4, -0.2) is 56.5 Å². The first kappa shape index (κ1) is 19.1. The Morgan fingerprint density at radius 3 is 2.76 bits per heavy atom. The minimum Gasteiger partial charge on any atom is -0.479 e. The van der Waals surface area contributed by atoms with Gasteiger partial charge in [0.05, 0.1) is 10.8 Å². The first-order chi connectivity index (χ1) is 11.8. The van der Waals surface area contributed by atoms with Gasteiger partial charge in [0.1, 0.15) is 0 Å². The summed E-state index contributed by atoms with van der Waals surface area (Å²) in [6.07, 6.45) is 1.11. The van der Waals surface area contributed by atoms with Crippen molar-refractivity contribution in [3.05, 3.63) is 24.0 Å². The van der Waals surface area contributed by atoms with E-state index in [4.69, 9.17) is 9.84 Å². The van der Waals surface area contributed by atoms with Gasteiger partial charge in [-0.3, -0.25) is 4.79 Å². The zero-order valence-corrected chi connectivity index (χ0v) is 14.4. The standard InChI is InChI=1S/C15H19FN2O6S/c1-17-15(21)10-3-2-6-18(8-10)25(22,23)11-4-5-13(12(16)7-11)24-9-14(19)20/h4-5,7,10H,2-3,6,8-9H2,1H3,(H,17,21)(H,19,20). The number of hydrogen-bond donors (Lipinski definition) is 2. The fraction of sp³-hybridized carbons (Fsp3) is 0.467. The molecule has 1 unspecified atom stereocenters. The van der Waals surface area contributed by atoms with Gasteiger partial charge in [0.15, 0.2) is 18.2 Å². The molecule has 1 aromatic rings. The third-order valence-electron chi connectivity index (χ3n) is 3.89. The molecule has 1 heterocycles. The number of carbonyl (C=O) groups is 2. The average Bonchev–Trinajstić information content (AvgIpc) is 2.59. The van der Waals surface area contributed by atoms with Gasteiger partial charge in [0.2, 0.25) is 15.9 Å². The van der Waals surface area contributed by atoms with Crippen LogP contribution in [0.1, 0.15) is 12.8 Å². The molecule has 2 rings (SSSR count). The van der Waals surface area contributed by atoms with Gasteiger partial charge in [-0.25, -0.2) is 17.6 Å². The van der Waals surface area contributed by atoms with Gasteiger partial charge < -0.3 is 15.2 Å². The number of carboxylic acids is 1. The third-order valence-corrected chi connectivity index (χ3v) is 5.75. The number of halogens is 1. The average molecular weight is 374 g/mol. The predicted molar refractivity (Wildman–Crippen MR) is 85.1 cm³/mol. The van der Waals surface area contributed by atoms with Crippen LogP contribution in [-0.2, 0) is 19.6 Å². The summed E-state index contributed by atoms with van der Waals surface area (Å²) in [5.41, 5.74) is 0. The van der Waals surface area contributed by atoms with E-state index in [9.17, 15) is 22.4 Å². The smallest absolute Gasteiger partial charge is 0.341 e. The zero-order chi connectivity index (χ0) is 18.6. The lowest BCUT2D eigenvalue weighted by Crippen LogP contribution is -2.44. The van der Waals surface area contributed by atoms with Crippen molar-refractivity contribution in [3.8, 4) is 5.75 Å². The van der Waals surface area contributed by atoms with Crippen molar-refractivity contribution in [3.63, 3.8) is 0 Å². The lowest BCUT2D eigenvalue weighted by molar-refractivity contribution is -0.139. The summed E-state index contributed by atoms with van der Waals surface area (Å²) >= 11 is 0. The molecule has 138 valence electrons. The summed E-state index contributed by atoms with van der Waals surface area (Å²) in [7, 11) is -2.48. The van der Waals surface area contributed by atoms with Crippen LogP contribution >= 0.6 is 0 Å². The molecule has 8 nitrogen and oxygen atoms in total. The second-order valence-electron chi connectivity index (χ2n) is 5.59. The van der Waals surface area contributed by atoms with Gasteiger partial charge in [0.25, 0.3) is 0 Å². The highest BCUT2D eigenvalue weighted by atomic mass is 32.2. The number of carboxylic acid groups (broad SMARTS) is 1. The van der Waals surface area contributed by atoms with Crippen LogP contribution in [0.4, 0.5) is 4.39 Å². The van der Waals surface area contributed by atoms with Crippen molar-refractivity contribution in [1.82, 2.24) is 9.62 Å². The molecule has 1 amide bonds. The Bertz CT molecular complexity index is 767. The fourth-order valence-corrected chi connectivity index (χ4v) is 4.16. The Labute approximate surface area is 144 Å². The maximum atomic E-state index is 14.0. The second-order valence-corrected chi connectivity index (χ2v) is 7.53. The molecule has 0 bridgehead atoms. The molecule has 1 saturated heterocycles. The van der Waals surface area contributed by atoms with E-state index in [0.29, 0.717) is 12.8 Å². The summed E-state index contributed by atoms with van der Waals surface area (Å²) in [6, 6.07) is 3.01. The number of aliphatic carboxylic acids is 1. The largest absolute Gasteiger partial charge is 0.479 e. The molecule has 1 aliphatic rings. The number of hydrogen-bond acceptors (Lipinski definition) is 5. The molecule has 0 aliphatic carbocycles. The number of carbonyl (C=O) groups excluding carboxylic acids is 1. The van der Waals surface area contributed by atoms with Crippen LogP contribution in [0.3, 0.4) is 0 Å². The SMILES string of the molecule is CNC(=O)C1CCCN(S(=O)(=O)c2ccc(OCC(=O)O)c(F)c2)C1. The monoisotopic (exact) mass is 374 g/mol. The maximum Gasteiger partial charge on any atom is 0.341 e. The highest BCUT2D eigenvalue weighted by Gasteiger charge is 2.33. The fourth-order valence-electron chi connectivity index (χ4n) is 2.63. The maximum absolute atomic E-state index is 14.0. The number of sulfonamides is 1. The van der Waals surface area contributed by atoms with Crippen molar-refractivity contribution < 1.29 is 32.2 Å². The summed E-state index contributed by atoms with van der Waals surface area (Å²) < 4.78 is 45.2. The lowest BCUT2D eigenvalue weighted by Gasteiger charge is -2.31.